The molecular formula is C13H24N2. The van der Waals surface area contributed by atoms with Crippen molar-refractivity contribution in [1.29, 1.82) is 0 Å². The molecule has 1 heterocycles. The van der Waals surface area contributed by atoms with Gasteiger partial charge in [-0.25, -0.2) is 0 Å². The molecule has 2 aliphatic carbocycles. The van der Waals surface area contributed by atoms with E-state index in [-0.39, 0.29) is 0 Å². The number of hydrogen-bond acceptors (Lipinski definition) is 2. The number of hydrogen-bond donors (Lipinski definition) is 2. The Balaban J connectivity index is 1.39. The molecule has 0 radical (unpaired) electrons. The normalized spacial score (nSPS) is 41.8. The van der Waals surface area contributed by atoms with Gasteiger partial charge in [-0.1, -0.05) is 13.3 Å². The highest BCUT2D eigenvalue weighted by Gasteiger charge is 2.53. The summed E-state index contributed by atoms with van der Waals surface area (Å²) in [5.41, 5.74) is 0.773. The van der Waals surface area contributed by atoms with E-state index in [9.17, 15) is 0 Å². The topological polar surface area (TPSA) is 24.1 Å². The molecule has 0 aromatic rings. The average Bonchev–Trinajstić information content (AvgIpc) is 3.14. The van der Waals surface area contributed by atoms with Crippen molar-refractivity contribution in [2.75, 3.05) is 19.6 Å². The van der Waals surface area contributed by atoms with Gasteiger partial charge in [-0.3, -0.25) is 0 Å². The van der Waals surface area contributed by atoms with Crippen LogP contribution in [0.15, 0.2) is 0 Å². The maximum atomic E-state index is 3.77. The molecule has 2 N–H and O–H groups in total. The lowest BCUT2D eigenvalue weighted by atomic mass is 9.92. The van der Waals surface area contributed by atoms with E-state index in [2.05, 4.69) is 17.6 Å². The molecular weight excluding hydrogens is 184 g/mol. The summed E-state index contributed by atoms with van der Waals surface area (Å²) in [6.07, 6.45) is 7.18. The van der Waals surface area contributed by atoms with Crippen molar-refractivity contribution in [3.05, 3.63) is 0 Å². The monoisotopic (exact) mass is 208 g/mol. The lowest BCUT2D eigenvalue weighted by Crippen LogP contribution is -2.31. The van der Waals surface area contributed by atoms with Crippen molar-refractivity contribution >= 4 is 0 Å². The van der Waals surface area contributed by atoms with Crippen LogP contribution >= 0.6 is 0 Å². The Morgan fingerprint density at radius 2 is 2.13 bits per heavy atom. The van der Waals surface area contributed by atoms with Gasteiger partial charge in [-0.15, -0.1) is 0 Å². The molecule has 0 aromatic heterocycles. The van der Waals surface area contributed by atoms with E-state index < -0.39 is 0 Å². The molecule has 0 amide bonds. The molecule has 1 aliphatic heterocycles. The molecule has 2 saturated carbocycles. The predicted molar refractivity (Wildman–Crippen MR) is 62.8 cm³/mol. The van der Waals surface area contributed by atoms with Crippen LogP contribution in [0.25, 0.3) is 0 Å². The molecule has 0 bridgehead atoms. The Morgan fingerprint density at radius 3 is 2.80 bits per heavy atom. The van der Waals surface area contributed by atoms with E-state index in [4.69, 9.17) is 0 Å². The second-order valence-corrected chi connectivity index (χ2v) is 5.93. The zero-order chi connectivity index (χ0) is 10.3. The van der Waals surface area contributed by atoms with Crippen LogP contribution in [0.3, 0.4) is 0 Å². The summed E-state index contributed by atoms with van der Waals surface area (Å²) in [6.45, 7) is 6.15. The zero-order valence-corrected chi connectivity index (χ0v) is 9.89. The van der Waals surface area contributed by atoms with Gasteiger partial charge in [0.15, 0.2) is 0 Å². The minimum Gasteiger partial charge on any atom is -0.317 e. The first-order chi connectivity index (χ1) is 7.34. The number of piperidine rings is 1. The van der Waals surface area contributed by atoms with E-state index >= 15 is 0 Å². The third-order valence-corrected chi connectivity index (χ3v) is 5.03. The maximum Gasteiger partial charge on any atom is 0.00991 e. The van der Waals surface area contributed by atoms with Crippen molar-refractivity contribution in [3.63, 3.8) is 0 Å². The molecule has 2 nitrogen and oxygen atoms in total. The quantitative estimate of drug-likeness (QED) is 0.735. The summed E-state index contributed by atoms with van der Waals surface area (Å²) in [6, 6.07) is 0.884. The molecule has 1 saturated heterocycles. The Hall–Kier alpha value is -0.0800. The lowest BCUT2D eigenvalue weighted by molar-refractivity contribution is 0.318. The van der Waals surface area contributed by atoms with Crippen molar-refractivity contribution in [3.8, 4) is 0 Å². The minimum atomic E-state index is 0.773. The van der Waals surface area contributed by atoms with E-state index in [1.165, 1.54) is 51.7 Å². The first-order valence-corrected chi connectivity index (χ1v) is 6.78. The second-order valence-electron chi connectivity index (χ2n) is 5.93. The molecule has 2 heteroatoms. The molecule has 3 unspecified atom stereocenters. The SMILES string of the molecule is CCC1CC1NCC1CC12CCNCC2. The zero-order valence-electron chi connectivity index (χ0n) is 9.89. The van der Waals surface area contributed by atoms with Crippen LogP contribution in [-0.4, -0.2) is 25.7 Å². The van der Waals surface area contributed by atoms with Gasteiger partial charge >= 0.3 is 0 Å². The van der Waals surface area contributed by atoms with E-state index in [1.807, 2.05) is 0 Å². The molecule has 0 aromatic carbocycles. The van der Waals surface area contributed by atoms with Crippen LogP contribution in [0.4, 0.5) is 0 Å². The van der Waals surface area contributed by atoms with Gasteiger partial charge in [-0.05, 0) is 62.6 Å². The maximum absolute atomic E-state index is 3.77. The van der Waals surface area contributed by atoms with E-state index in [0.29, 0.717) is 0 Å². The fourth-order valence-corrected chi connectivity index (χ4v) is 3.50. The van der Waals surface area contributed by atoms with Crippen LogP contribution in [0, 0.1) is 17.3 Å². The van der Waals surface area contributed by atoms with Crippen molar-refractivity contribution in [1.82, 2.24) is 10.6 Å². The van der Waals surface area contributed by atoms with E-state index in [0.717, 1.165) is 23.3 Å². The third-order valence-electron chi connectivity index (χ3n) is 5.03. The average molecular weight is 208 g/mol. The highest BCUT2D eigenvalue weighted by Crippen LogP contribution is 2.58. The van der Waals surface area contributed by atoms with Crippen LogP contribution in [-0.2, 0) is 0 Å². The second kappa shape index (κ2) is 3.74. The third kappa shape index (κ3) is 1.94. The standard InChI is InChI=1S/C13H24N2/c1-2-10-7-12(10)15-9-11-8-13(11)3-5-14-6-4-13/h10-12,14-15H,2-9H2,1H3. The summed E-state index contributed by atoms with van der Waals surface area (Å²) < 4.78 is 0. The van der Waals surface area contributed by atoms with Gasteiger partial charge in [0.05, 0.1) is 0 Å². The summed E-state index contributed by atoms with van der Waals surface area (Å²) in [4.78, 5) is 0. The van der Waals surface area contributed by atoms with Crippen molar-refractivity contribution in [2.45, 2.75) is 45.1 Å². The molecule has 3 fully saturated rings. The van der Waals surface area contributed by atoms with Gasteiger partial charge in [0.25, 0.3) is 0 Å². The first-order valence-electron chi connectivity index (χ1n) is 6.78. The first kappa shape index (κ1) is 10.1. The highest BCUT2D eigenvalue weighted by atomic mass is 15.0. The van der Waals surface area contributed by atoms with E-state index in [1.54, 1.807) is 0 Å². The summed E-state index contributed by atoms with van der Waals surface area (Å²) in [5.74, 6) is 2.02. The largest absolute Gasteiger partial charge is 0.317 e. The Kier molecular flexibility index (Phi) is 2.52. The van der Waals surface area contributed by atoms with Gasteiger partial charge < -0.3 is 10.6 Å². The molecule has 3 aliphatic rings. The van der Waals surface area contributed by atoms with Gasteiger partial charge in [-0.2, -0.15) is 0 Å². The number of rotatable bonds is 4. The lowest BCUT2D eigenvalue weighted by Gasteiger charge is -2.23. The predicted octanol–water partition coefficient (Wildman–Crippen LogP) is 1.76. The Morgan fingerprint density at radius 1 is 1.33 bits per heavy atom. The van der Waals surface area contributed by atoms with Gasteiger partial charge in [0.2, 0.25) is 0 Å². The Labute approximate surface area is 93.2 Å². The van der Waals surface area contributed by atoms with Gasteiger partial charge in [0.1, 0.15) is 0 Å². The molecule has 86 valence electrons. The van der Waals surface area contributed by atoms with Crippen molar-refractivity contribution < 1.29 is 0 Å². The van der Waals surface area contributed by atoms with Crippen LogP contribution < -0.4 is 10.6 Å². The fraction of sp³-hybridized carbons (Fsp3) is 1.00. The highest BCUT2D eigenvalue weighted by molar-refractivity contribution is 5.06. The van der Waals surface area contributed by atoms with Gasteiger partial charge in [0, 0.05) is 6.04 Å². The van der Waals surface area contributed by atoms with Crippen molar-refractivity contribution in [2.24, 2.45) is 17.3 Å². The molecule has 1 spiro atoms. The smallest absolute Gasteiger partial charge is 0.00991 e. The van der Waals surface area contributed by atoms with Crippen LogP contribution in [0.2, 0.25) is 0 Å². The molecule has 3 rings (SSSR count). The van der Waals surface area contributed by atoms with Crippen LogP contribution in [0.5, 0.6) is 0 Å². The summed E-state index contributed by atoms with van der Waals surface area (Å²) >= 11 is 0. The number of nitrogens with one attached hydrogen (secondary N) is 2. The van der Waals surface area contributed by atoms with Crippen LogP contribution in [0.1, 0.15) is 39.0 Å². The molecule has 15 heavy (non-hydrogen) atoms. The summed E-state index contributed by atoms with van der Waals surface area (Å²) in [5, 5.41) is 7.24. The summed E-state index contributed by atoms with van der Waals surface area (Å²) in [7, 11) is 0. The minimum absolute atomic E-state index is 0.773. The Bertz CT molecular complexity index is 233. The fourth-order valence-electron chi connectivity index (χ4n) is 3.50. The molecule has 3 atom stereocenters.